The molecular weight excluding hydrogens is 905 g/mol. The van der Waals surface area contributed by atoms with Gasteiger partial charge in [0.15, 0.2) is 0 Å². The van der Waals surface area contributed by atoms with Crippen LogP contribution in [0.4, 0.5) is 17.1 Å². The molecule has 0 N–H and O–H groups in total. The molecule has 370 valence electrons. The van der Waals surface area contributed by atoms with E-state index in [2.05, 4.69) is 289 Å². The van der Waals surface area contributed by atoms with E-state index in [-0.39, 0.29) is 16.2 Å². The summed E-state index contributed by atoms with van der Waals surface area (Å²) >= 11 is 0. The molecular formula is C73H68N2. The third-order valence-electron chi connectivity index (χ3n) is 16.3. The third-order valence-corrected chi connectivity index (χ3v) is 16.3. The van der Waals surface area contributed by atoms with E-state index in [1.807, 2.05) is 0 Å². The largest absolute Gasteiger partial charge is 0.311 e. The second-order valence-electron chi connectivity index (χ2n) is 24.0. The molecule has 9 aromatic carbocycles. The maximum absolute atomic E-state index is 2.50. The molecule has 0 spiro atoms. The molecule has 75 heavy (non-hydrogen) atoms. The Morgan fingerprint density at radius 1 is 0.480 bits per heavy atom. The lowest BCUT2D eigenvalue weighted by Crippen LogP contribution is -2.23. The van der Waals surface area contributed by atoms with Gasteiger partial charge in [-0.2, -0.15) is 0 Å². The summed E-state index contributed by atoms with van der Waals surface area (Å²) in [5.41, 5.74) is 24.3. The Bertz CT molecular complexity index is 3780. The summed E-state index contributed by atoms with van der Waals surface area (Å²) in [6.07, 6.45) is 8.11. The molecule has 2 aliphatic rings. The van der Waals surface area contributed by atoms with Gasteiger partial charge in [-0.25, -0.2) is 0 Å². The van der Waals surface area contributed by atoms with Crippen molar-refractivity contribution in [2.24, 2.45) is 10.8 Å². The van der Waals surface area contributed by atoms with Crippen LogP contribution in [0.15, 0.2) is 230 Å². The Labute approximate surface area is 445 Å². The van der Waals surface area contributed by atoms with Gasteiger partial charge in [0.05, 0.1) is 11.0 Å². The van der Waals surface area contributed by atoms with Crippen molar-refractivity contribution in [1.82, 2.24) is 4.57 Å². The molecule has 12 rings (SSSR count). The number of aromatic nitrogens is 1. The van der Waals surface area contributed by atoms with Crippen molar-refractivity contribution in [2.75, 3.05) is 4.90 Å². The minimum Gasteiger partial charge on any atom is -0.311 e. The zero-order chi connectivity index (χ0) is 51.6. The summed E-state index contributed by atoms with van der Waals surface area (Å²) in [6.45, 7) is 19.1. The van der Waals surface area contributed by atoms with Crippen LogP contribution in [-0.4, -0.2) is 4.57 Å². The minimum absolute atomic E-state index is 0.0201. The number of benzene rings is 9. The first kappa shape index (κ1) is 48.0. The summed E-state index contributed by atoms with van der Waals surface area (Å²) in [4.78, 5) is 2.34. The number of allylic oxidation sites excluding steroid dienone is 4. The first-order chi connectivity index (χ1) is 36.2. The summed E-state index contributed by atoms with van der Waals surface area (Å²) in [5.74, 6) is 0.492. The predicted molar refractivity (Wildman–Crippen MR) is 322 cm³/mol. The Morgan fingerprint density at radius 3 is 1.45 bits per heavy atom. The number of hydrogen-bond acceptors (Lipinski definition) is 1. The highest BCUT2D eigenvalue weighted by atomic mass is 15.1. The van der Waals surface area contributed by atoms with Gasteiger partial charge in [-0.3, -0.25) is 0 Å². The van der Waals surface area contributed by atoms with E-state index in [0.29, 0.717) is 5.92 Å². The first-order valence-electron chi connectivity index (χ1n) is 27.1. The third kappa shape index (κ3) is 9.05. The van der Waals surface area contributed by atoms with E-state index in [9.17, 15) is 0 Å². The molecule has 0 aliphatic heterocycles. The fourth-order valence-corrected chi connectivity index (χ4v) is 12.4. The predicted octanol–water partition coefficient (Wildman–Crippen LogP) is 20.9. The first-order valence-corrected chi connectivity index (χ1v) is 27.1. The van der Waals surface area contributed by atoms with Crippen LogP contribution in [0, 0.1) is 10.8 Å². The Balaban J connectivity index is 0.918. The fourth-order valence-electron chi connectivity index (χ4n) is 12.4. The van der Waals surface area contributed by atoms with Gasteiger partial charge < -0.3 is 9.47 Å². The minimum atomic E-state index is -0.0201. The van der Waals surface area contributed by atoms with E-state index >= 15 is 0 Å². The normalized spacial score (nSPS) is 14.6. The second kappa shape index (κ2) is 18.8. The number of fused-ring (bicyclic) bond motifs is 5. The van der Waals surface area contributed by atoms with Crippen LogP contribution in [0.1, 0.15) is 97.3 Å². The van der Waals surface area contributed by atoms with Crippen molar-refractivity contribution in [3.63, 3.8) is 0 Å². The van der Waals surface area contributed by atoms with Crippen LogP contribution in [0.5, 0.6) is 0 Å². The maximum atomic E-state index is 2.50. The van der Waals surface area contributed by atoms with Crippen LogP contribution in [0.2, 0.25) is 0 Å². The van der Waals surface area contributed by atoms with Crippen LogP contribution in [0.25, 0.3) is 77.6 Å². The zero-order valence-electron chi connectivity index (χ0n) is 45.0. The van der Waals surface area contributed by atoms with Gasteiger partial charge in [0, 0.05) is 38.9 Å². The lowest BCUT2D eigenvalue weighted by molar-refractivity contribution is 0.229. The number of nitrogens with zero attached hydrogens (tertiary/aromatic N) is 2. The van der Waals surface area contributed by atoms with Crippen LogP contribution >= 0.6 is 0 Å². The van der Waals surface area contributed by atoms with Crippen LogP contribution in [0.3, 0.4) is 0 Å². The molecule has 0 saturated carbocycles. The Morgan fingerprint density at radius 2 is 0.933 bits per heavy atom. The molecule has 0 fully saturated rings. The van der Waals surface area contributed by atoms with Crippen molar-refractivity contribution < 1.29 is 0 Å². The number of rotatable bonds is 10. The van der Waals surface area contributed by atoms with Gasteiger partial charge in [-0.15, -0.1) is 0 Å². The number of para-hydroxylation sites is 1. The molecule has 0 radical (unpaired) electrons. The van der Waals surface area contributed by atoms with Gasteiger partial charge in [-0.05, 0) is 176 Å². The molecule has 0 amide bonds. The van der Waals surface area contributed by atoms with E-state index in [1.54, 1.807) is 5.57 Å². The van der Waals surface area contributed by atoms with Crippen molar-refractivity contribution in [3.05, 3.63) is 247 Å². The highest BCUT2D eigenvalue weighted by molar-refractivity contribution is 6.12. The van der Waals surface area contributed by atoms with Crippen molar-refractivity contribution >= 4 is 44.4 Å². The van der Waals surface area contributed by atoms with Crippen LogP contribution < -0.4 is 4.90 Å². The topological polar surface area (TPSA) is 8.17 Å². The van der Waals surface area contributed by atoms with Crippen molar-refractivity contribution in [3.8, 4) is 50.2 Å². The van der Waals surface area contributed by atoms with Crippen molar-refractivity contribution in [1.29, 1.82) is 0 Å². The van der Waals surface area contributed by atoms with Gasteiger partial charge in [0.1, 0.15) is 0 Å². The molecule has 2 nitrogen and oxygen atoms in total. The molecule has 2 heteroatoms. The molecule has 1 unspecified atom stereocenters. The van der Waals surface area contributed by atoms with Gasteiger partial charge in [-0.1, -0.05) is 213 Å². The van der Waals surface area contributed by atoms with E-state index in [0.717, 1.165) is 36.3 Å². The summed E-state index contributed by atoms with van der Waals surface area (Å²) in [6, 6.07) is 79.2. The fraction of sp³-hybridized carbons (Fsp3) is 0.205. The lowest BCUT2D eigenvalue weighted by Gasteiger charge is -2.36. The van der Waals surface area contributed by atoms with Crippen molar-refractivity contribution in [2.45, 2.75) is 86.0 Å². The lowest BCUT2D eigenvalue weighted by atomic mass is 9.69. The average Bonchev–Trinajstić information content (AvgIpc) is 3.89. The molecule has 2 aliphatic carbocycles. The monoisotopic (exact) mass is 973 g/mol. The standard InChI is InChI=1S/C73H68N2/c1-71(2,3)48-68(72(4,5)6)55-29-27-51(28-30-55)50-23-25-53(26-24-50)56-35-43-69-64(45-56)65-46-57(36-44-70(65)75(69)61-41-42-63-62-21-15-16-22-66(62)73(7,8)67(63)47-61)54-33-39-60(40-34-54)74(58-19-13-10-14-20-58)59-37-31-52(32-38-59)49-17-11-9-12-18-49/h9-15,17-21,23-47,68H,16,22,48H2,1-8H3. The summed E-state index contributed by atoms with van der Waals surface area (Å²) < 4.78 is 2.50. The Kier molecular flexibility index (Phi) is 12.0. The van der Waals surface area contributed by atoms with E-state index in [4.69, 9.17) is 0 Å². The second-order valence-corrected chi connectivity index (χ2v) is 24.0. The molecule has 1 heterocycles. The SMILES string of the molecule is CC(C)(C)CC(c1ccc(-c2ccc(-c3ccc4c(c3)c3cc(-c5ccc(N(c6ccccc6)c6ccc(-c7ccccc7)cc6)cc5)ccc3n4-c3ccc4c(c3)C(C)(C)C3=C4C=CCC3)cc2)cc1)C(C)(C)C. The highest BCUT2D eigenvalue weighted by Crippen LogP contribution is 2.51. The quantitative estimate of drug-likeness (QED) is 0.133. The van der Waals surface area contributed by atoms with E-state index < -0.39 is 0 Å². The van der Waals surface area contributed by atoms with Crippen LogP contribution in [-0.2, 0) is 5.41 Å². The summed E-state index contributed by atoms with van der Waals surface area (Å²) in [7, 11) is 0. The highest BCUT2D eigenvalue weighted by Gasteiger charge is 2.38. The zero-order valence-corrected chi connectivity index (χ0v) is 45.0. The number of hydrogen-bond donors (Lipinski definition) is 0. The smallest absolute Gasteiger partial charge is 0.0541 e. The molecule has 1 aromatic heterocycles. The van der Waals surface area contributed by atoms with Gasteiger partial charge in [0.25, 0.3) is 0 Å². The summed E-state index contributed by atoms with van der Waals surface area (Å²) in [5, 5.41) is 2.49. The maximum Gasteiger partial charge on any atom is 0.0541 e. The molecule has 0 saturated heterocycles. The number of anilines is 3. The molecule has 0 bridgehead atoms. The van der Waals surface area contributed by atoms with E-state index in [1.165, 1.54) is 94.3 Å². The Hall–Kier alpha value is -7.94. The van der Waals surface area contributed by atoms with Gasteiger partial charge >= 0.3 is 0 Å². The molecule has 10 aromatic rings. The van der Waals surface area contributed by atoms with Gasteiger partial charge in [0.2, 0.25) is 0 Å². The molecule has 1 atom stereocenters. The average molecular weight is 973 g/mol.